The zero-order valence-electron chi connectivity index (χ0n) is 14.4. The first-order valence-electron chi connectivity index (χ1n) is 9.40. The second kappa shape index (κ2) is 6.60. The van der Waals surface area contributed by atoms with Crippen molar-refractivity contribution in [3.8, 4) is 0 Å². The maximum Gasteiger partial charge on any atom is 0.168 e. The van der Waals surface area contributed by atoms with Crippen molar-refractivity contribution >= 4 is 5.78 Å². The minimum Gasteiger partial charge on any atom is -0.349 e. The lowest BCUT2D eigenvalue weighted by Gasteiger charge is -2.49. The van der Waals surface area contributed by atoms with Crippen LogP contribution in [-0.4, -0.2) is 24.8 Å². The summed E-state index contributed by atoms with van der Waals surface area (Å²) in [7, 11) is 0. The van der Waals surface area contributed by atoms with Crippen LogP contribution in [-0.2, 0) is 14.3 Å². The maximum atomic E-state index is 11.4. The molecule has 1 saturated heterocycles. The molecule has 0 atom stereocenters. The van der Waals surface area contributed by atoms with Crippen molar-refractivity contribution in [3.63, 3.8) is 0 Å². The quantitative estimate of drug-likeness (QED) is 0.771. The Morgan fingerprint density at radius 3 is 1.91 bits per heavy atom. The molecule has 3 rings (SSSR count). The van der Waals surface area contributed by atoms with Gasteiger partial charge in [0, 0.05) is 31.1 Å². The number of rotatable bonds is 3. The molecular formula is C19H32O3. The number of carbonyl (C=O) groups excluding carboxylic acids is 1. The minimum absolute atomic E-state index is 0.242. The van der Waals surface area contributed by atoms with E-state index in [1.807, 2.05) is 0 Å². The van der Waals surface area contributed by atoms with E-state index < -0.39 is 0 Å². The summed E-state index contributed by atoms with van der Waals surface area (Å²) in [6.45, 7) is 6.22. The van der Waals surface area contributed by atoms with E-state index in [1.165, 1.54) is 12.8 Å². The van der Waals surface area contributed by atoms with Gasteiger partial charge in [-0.3, -0.25) is 4.79 Å². The van der Waals surface area contributed by atoms with Gasteiger partial charge in [0.05, 0.1) is 13.2 Å². The van der Waals surface area contributed by atoms with Crippen molar-refractivity contribution in [2.45, 2.75) is 83.8 Å². The molecule has 0 aromatic carbocycles. The summed E-state index contributed by atoms with van der Waals surface area (Å²) in [5.41, 5.74) is 0.242. The lowest BCUT2D eigenvalue weighted by atomic mass is 9.71. The van der Waals surface area contributed by atoms with Crippen LogP contribution in [0.4, 0.5) is 0 Å². The predicted molar refractivity (Wildman–Crippen MR) is 86.6 cm³/mol. The molecule has 3 heteroatoms. The molecule has 1 aliphatic heterocycles. The number of hydrogen-bond donors (Lipinski definition) is 0. The van der Waals surface area contributed by atoms with Gasteiger partial charge in [0.25, 0.3) is 0 Å². The number of carbonyl (C=O) groups is 1. The number of Topliss-reactive ketones (excluding diaryl/α,β-unsaturated/α-hetero) is 1. The van der Waals surface area contributed by atoms with Gasteiger partial charge in [-0.05, 0) is 50.4 Å². The fourth-order valence-electron chi connectivity index (χ4n) is 4.58. The standard InChI is InChI=1S/C19H32O3/c1-3-18(4-2)13-21-19(22-14-18)11-9-16(10-12-19)15-5-7-17(20)8-6-15/h15-16H,3-14H2,1-2H3. The molecule has 126 valence electrons. The van der Waals surface area contributed by atoms with E-state index in [9.17, 15) is 4.79 Å². The Kier molecular flexibility index (Phi) is 4.94. The molecule has 3 nitrogen and oxygen atoms in total. The van der Waals surface area contributed by atoms with E-state index in [4.69, 9.17) is 9.47 Å². The lowest BCUT2D eigenvalue weighted by molar-refractivity contribution is -0.319. The molecule has 0 radical (unpaired) electrons. The summed E-state index contributed by atoms with van der Waals surface area (Å²) < 4.78 is 12.6. The van der Waals surface area contributed by atoms with E-state index in [2.05, 4.69) is 13.8 Å². The van der Waals surface area contributed by atoms with E-state index >= 15 is 0 Å². The highest BCUT2D eigenvalue weighted by molar-refractivity contribution is 5.79. The Bertz CT molecular complexity index is 369. The zero-order chi connectivity index (χ0) is 15.6. The first-order chi connectivity index (χ1) is 10.6. The lowest BCUT2D eigenvalue weighted by Crippen LogP contribution is -2.51. The molecule has 0 bridgehead atoms. The molecule has 0 aromatic heterocycles. The Labute approximate surface area is 135 Å². The van der Waals surface area contributed by atoms with Gasteiger partial charge in [-0.1, -0.05) is 13.8 Å². The van der Waals surface area contributed by atoms with Gasteiger partial charge in [-0.2, -0.15) is 0 Å². The number of ketones is 1. The largest absolute Gasteiger partial charge is 0.349 e. The third-order valence-electron chi connectivity index (χ3n) is 6.83. The average Bonchev–Trinajstić information content (AvgIpc) is 2.58. The van der Waals surface area contributed by atoms with Crippen molar-refractivity contribution in [1.29, 1.82) is 0 Å². The van der Waals surface area contributed by atoms with Crippen LogP contribution < -0.4 is 0 Å². The van der Waals surface area contributed by atoms with Gasteiger partial charge >= 0.3 is 0 Å². The fraction of sp³-hybridized carbons (Fsp3) is 0.947. The third kappa shape index (κ3) is 3.26. The topological polar surface area (TPSA) is 35.5 Å². The summed E-state index contributed by atoms with van der Waals surface area (Å²) in [6, 6.07) is 0. The monoisotopic (exact) mass is 308 g/mol. The molecule has 1 spiro atoms. The van der Waals surface area contributed by atoms with Crippen LogP contribution in [0.25, 0.3) is 0 Å². The van der Waals surface area contributed by atoms with Gasteiger partial charge in [0.15, 0.2) is 5.79 Å². The average molecular weight is 308 g/mol. The summed E-state index contributed by atoms with van der Waals surface area (Å²) in [4.78, 5) is 11.4. The summed E-state index contributed by atoms with van der Waals surface area (Å²) >= 11 is 0. The van der Waals surface area contributed by atoms with Gasteiger partial charge in [-0.25, -0.2) is 0 Å². The predicted octanol–water partition coefficient (Wildman–Crippen LogP) is 4.49. The van der Waals surface area contributed by atoms with Gasteiger partial charge in [0.1, 0.15) is 5.78 Å². The van der Waals surface area contributed by atoms with Crippen LogP contribution in [0.15, 0.2) is 0 Å². The SMILES string of the molecule is CCC1(CC)COC2(CCC(C3CCC(=O)CC3)CC2)OC1. The Balaban J connectivity index is 1.51. The molecule has 0 N–H and O–H groups in total. The third-order valence-corrected chi connectivity index (χ3v) is 6.83. The molecule has 3 fully saturated rings. The molecule has 2 saturated carbocycles. The molecule has 0 unspecified atom stereocenters. The van der Waals surface area contributed by atoms with E-state index in [-0.39, 0.29) is 11.2 Å². The molecule has 3 aliphatic rings. The van der Waals surface area contributed by atoms with Crippen molar-refractivity contribution in [2.75, 3.05) is 13.2 Å². The highest BCUT2D eigenvalue weighted by Gasteiger charge is 2.46. The molecule has 1 heterocycles. The fourth-order valence-corrected chi connectivity index (χ4v) is 4.58. The van der Waals surface area contributed by atoms with Gasteiger partial charge in [-0.15, -0.1) is 0 Å². The highest BCUT2D eigenvalue weighted by Crippen LogP contribution is 2.46. The smallest absolute Gasteiger partial charge is 0.168 e. The van der Waals surface area contributed by atoms with Crippen molar-refractivity contribution < 1.29 is 14.3 Å². The van der Waals surface area contributed by atoms with E-state index in [1.54, 1.807) is 0 Å². The van der Waals surface area contributed by atoms with Crippen molar-refractivity contribution in [3.05, 3.63) is 0 Å². The molecule has 0 amide bonds. The molecule has 22 heavy (non-hydrogen) atoms. The van der Waals surface area contributed by atoms with Gasteiger partial charge in [0.2, 0.25) is 0 Å². The van der Waals surface area contributed by atoms with Crippen LogP contribution >= 0.6 is 0 Å². The summed E-state index contributed by atoms with van der Waals surface area (Å²) in [6.07, 6.45) is 10.7. The minimum atomic E-state index is -0.283. The van der Waals surface area contributed by atoms with E-state index in [0.29, 0.717) is 5.78 Å². The first-order valence-corrected chi connectivity index (χ1v) is 9.40. The van der Waals surface area contributed by atoms with E-state index in [0.717, 1.165) is 76.4 Å². The second-order valence-corrected chi connectivity index (χ2v) is 7.91. The van der Waals surface area contributed by atoms with Crippen LogP contribution in [0.5, 0.6) is 0 Å². The number of hydrogen-bond acceptors (Lipinski definition) is 3. The first kappa shape index (κ1) is 16.4. The zero-order valence-corrected chi connectivity index (χ0v) is 14.4. The van der Waals surface area contributed by atoms with Crippen molar-refractivity contribution in [1.82, 2.24) is 0 Å². The van der Waals surface area contributed by atoms with Crippen molar-refractivity contribution in [2.24, 2.45) is 17.3 Å². The maximum absolute atomic E-state index is 11.4. The van der Waals surface area contributed by atoms with Gasteiger partial charge < -0.3 is 9.47 Å². The normalized spacial score (nSPS) is 29.8. The number of ether oxygens (including phenoxy) is 2. The molecule has 0 aromatic rings. The van der Waals surface area contributed by atoms with Crippen LogP contribution in [0.2, 0.25) is 0 Å². The van der Waals surface area contributed by atoms with Crippen LogP contribution in [0, 0.1) is 17.3 Å². The Hall–Kier alpha value is -0.410. The molecule has 2 aliphatic carbocycles. The Morgan fingerprint density at radius 2 is 1.41 bits per heavy atom. The second-order valence-electron chi connectivity index (χ2n) is 7.91. The summed E-state index contributed by atoms with van der Waals surface area (Å²) in [5, 5.41) is 0. The Morgan fingerprint density at radius 1 is 0.909 bits per heavy atom. The highest BCUT2D eigenvalue weighted by atomic mass is 16.7. The van der Waals surface area contributed by atoms with Crippen LogP contribution in [0.3, 0.4) is 0 Å². The molecular weight excluding hydrogens is 276 g/mol. The van der Waals surface area contributed by atoms with Crippen LogP contribution in [0.1, 0.15) is 78.1 Å². The summed E-state index contributed by atoms with van der Waals surface area (Å²) in [5.74, 6) is 1.74.